The summed E-state index contributed by atoms with van der Waals surface area (Å²) in [6.45, 7) is 5.53. The highest BCUT2D eigenvalue weighted by molar-refractivity contribution is 7.27. The molecule has 4 nitrogen and oxygen atoms in total. The number of thiophene rings is 2. The number of carbonyl (C=O) groups is 2. The molecule has 0 aliphatic rings. The molecule has 0 aromatic carbocycles. The van der Waals surface area contributed by atoms with Crippen LogP contribution in [0.1, 0.15) is 38.9 Å². The summed E-state index contributed by atoms with van der Waals surface area (Å²) in [5.74, 6) is -0.238. The molecular formula is C17H15NO3S3. The van der Waals surface area contributed by atoms with Gasteiger partial charge >= 0.3 is 5.97 Å². The summed E-state index contributed by atoms with van der Waals surface area (Å²) in [5.41, 5.74) is 0.693. The van der Waals surface area contributed by atoms with E-state index < -0.39 is 0 Å². The van der Waals surface area contributed by atoms with Crippen LogP contribution in [0.2, 0.25) is 0 Å². The van der Waals surface area contributed by atoms with Gasteiger partial charge in [-0.25, -0.2) is 9.78 Å². The summed E-state index contributed by atoms with van der Waals surface area (Å²) in [6, 6.07) is 7.85. The third-order valence-corrected chi connectivity index (χ3v) is 7.04. The van der Waals surface area contributed by atoms with Crippen molar-refractivity contribution in [1.29, 1.82) is 0 Å². The Balaban J connectivity index is 1.89. The van der Waals surface area contributed by atoms with Gasteiger partial charge in [0.15, 0.2) is 5.78 Å². The van der Waals surface area contributed by atoms with Crippen molar-refractivity contribution >= 4 is 45.8 Å². The van der Waals surface area contributed by atoms with Crippen molar-refractivity contribution in [2.75, 3.05) is 6.61 Å². The summed E-state index contributed by atoms with van der Waals surface area (Å²) in [7, 11) is 0. The van der Waals surface area contributed by atoms with E-state index in [0.717, 1.165) is 24.5 Å². The zero-order valence-electron chi connectivity index (χ0n) is 13.4. The Labute approximate surface area is 151 Å². The Morgan fingerprint density at radius 3 is 2.38 bits per heavy atom. The zero-order chi connectivity index (χ0) is 17.3. The van der Waals surface area contributed by atoms with Gasteiger partial charge in [0.25, 0.3) is 0 Å². The van der Waals surface area contributed by atoms with Gasteiger partial charge in [0, 0.05) is 9.75 Å². The van der Waals surface area contributed by atoms with E-state index in [0.29, 0.717) is 17.2 Å². The maximum atomic E-state index is 11.9. The van der Waals surface area contributed by atoms with Gasteiger partial charge in [0.05, 0.1) is 22.1 Å². The van der Waals surface area contributed by atoms with Crippen LogP contribution < -0.4 is 0 Å². The van der Waals surface area contributed by atoms with Crippen molar-refractivity contribution < 1.29 is 14.3 Å². The number of hydrogen-bond acceptors (Lipinski definition) is 7. The quantitative estimate of drug-likeness (QED) is 0.448. The lowest BCUT2D eigenvalue weighted by Gasteiger charge is -1.97. The average Bonchev–Trinajstić information content (AvgIpc) is 3.25. The summed E-state index contributed by atoms with van der Waals surface area (Å²) in [4.78, 5) is 32.3. The highest BCUT2D eigenvalue weighted by Gasteiger charge is 2.18. The van der Waals surface area contributed by atoms with Crippen LogP contribution in [0.25, 0.3) is 19.6 Å². The number of aromatic nitrogens is 1. The van der Waals surface area contributed by atoms with Gasteiger partial charge in [0.1, 0.15) is 9.88 Å². The molecule has 0 saturated carbocycles. The van der Waals surface area contributed by atoms with Crippen LogP contribution in [0, 0.1) is 6.92 Å². The Hall–Kier alpha value is -1.83. The number of carbonyl (C=O) groups excluding carboxylic acids is 2. The van der Waals surface area contributed by atoms with E-state index in [1.54, 1.807) is 25.2 Å². The molecule has 0 aliphatic heterocycles. The molecule has 3 rings (SSSR count). The van der Waals surface area contributed by atoms with E-state index in [-0.39, 0.29) is 11.8 Å². The zero-order valence-corrected chi connectivity index (χ0v) is 15.9. The molecule has 7 heteroatoms. The standard InChI is InChI=1S/C17H15NO3S3/c1-4-21-17(20)15-9(2)18-16(24-15)14-8-7-13(23-14)12-6-5-11(22-12)10(3)19/h5-8H,4H2,1-3H3. The number of esters is 1. The second-order valence-electron chi connectivity index (χ2n) is 5.04. The molecule has 24 heavy (non-hydrogen) atoms. The van der Waals surface area contributed by atoms with Crippen LogP contribution in [0.3, 0.4) is 0 Å². The number of nitrogens with zero attached hydrogens (tertiary/aromatic N) is 1. The molecule has 0 bridgehead atoms. The van der Waals surface area contributed by atoms with Gasteiger partial charge in [0.2, 0.25) is 0 Å². The molecule has 0 atom stereocenters. The van der Waals surface area contributed by atoms with E-state index >= 15 is 0 Å². The monoisotopic (exact) mass is 377 g/mol. The van der Waals surface area contributed by atoms with Crippen molar-refractivity contribution in [3.05, 3.63) is 39.7 Å². The molecule has 3 aromatic rings. The van der Waals surface area contributed by atoms with Crippen molar-refractivity contribution in [3.63, 3.8) is 0 Å². The highest BCUT2D eigenvalue weighted by atomic mass is 32.1. The fraction of sp³-hybridized carbons (Fsp3) is 0.235. The third-order valence-electron chi connectivity index (χ3n) is 3.27. The third kappa shape index (κ3) is 3.33. The minimum absolute atomic E-state index is 0.0812. The second kappa shape index (κ2) is 6.96. The molecule has 0 amide bonds. The first-order valence-corrected chi connectivity index (χ1v) is 9.80. The smallest absolute Gasteiger partial charge is 0.350 e. The first-order valence-electron chi connectivity index (χ1n) is 7.35. The van der Waals surface area contributed by atoms with Crippen LogP contribution in [-0.2, 0) is 4.74 Å². The van der Waals surface area contributed by atoms with Crippen molar-refractivity contribution in [2.24, 2.45) is 0 Å². The van der Waals surface area contributed by atoms with Gasteiger partial charge in [-0.15, -0.1) is 34.0 Å². The predicted molar refractivity (Wildman–Crippen MR) is 99.4 cm³/mol. The van der Waals surface area contributed by atoms with Gasteiger partial charge in [-0.3, -0.25) is 4.79 Å². The van der Waals surface area contributed by atoms with Crippen LogP contribution >= 0.6 is 34.0 Å². The van der Waals surface area contributed by atoms with Crippen molar-refractivity contribution in [3.8, 4) is 19.6 Å². The number of rotatable bonds is 5. The number of ketones is 1. The number of ether oxygens (including phenoxy) is 1. The Morgan fingerprint density at radius 1 is 1.04 bits per heavy atom. The van der Waals surface area contributed by atoms with Crippen LogP contribution in [-0.4, -0.2) is 23.3 Å². The Kier molecular flexibility index (Phi) is 4.93. The van der Waals surface area contributed by atoms with Crippen LogP contribution in [0.15, 0.2) is 24.3 Å². The van der Waals surface area contributed by atoms with E-state index in [1.807, 2.05) is 31.2 Å². The lowest BCUT2D eigenvalue weighted by molar-refractivity contribution is 0.0531. The minimum atomic E-state index is -0.320. The van der Waals surface area contributed by atoms with Gasteiger partial charge < -0.3 is 4.74 Å². The number of aryl methyl sites for hydroxylation is 1. The number of hydrogen-bond donors (Lipinski definition) is 0. The first-order chi connectivity index (χ1) is 11.5. The van der Waals surface area contributed by atoms with E-state index in [9.17, 15) is 9.59 Å². The summed E-state index contributed by atoms with van der Waals surface area (Å²) < 4.78 is 5.06. The molecule has 0 aliphatic carbocycles. The SMILES string of the molecule is CCOC(=O)c1sc(-c2ccc(-c3ccc(C(C)=O)s3)s2)nc1C. The van der Waals surface area contributed by atoms with Crippen LogP contribution in [0.4, 0.5) is 0 Å². The Bertz CT molecular complexity index is 904. The second-order valence-corrected chi connectivity index (χ2v) is 8.20. The van der Waals surface area contributed by atoms with E-state index in [4.69, 9.17) is 4.74 Å². The maximum absolute atomic E-state index is 11.9. The Morgan fingerprint density at radius 2 is 1.71 bits per heavy atom. The first kappa shape index (κ1) is 17.0. The molecule has 124 valence electrons. The van der Waals surface area contributed by atoms with Gasteiger partial charge in [-0.2, -0.15) is 0 Å². The number of Topliss-reactive ketones (excluding diaryl/α,β-unsaturated/α-hetero) is 1. The van der Waals surface area contributed by atoms with E-state index in [2.05, 4.69) is 4.98 Å². The molecule has 0 fully saturated rings. The predicted octanol–water partition coefficient (Wildman–Crippen LogP) is 5.29. The maximum Gasteiger partial charge on any atom is 0.350 e. The topological polar surface area (TPSA) is 56.3 Å². The molecule has 0 spiro atoms. The highest BCUT2D eigenvalue weighted by Crippen LogP contribution is 2.39. The van der Waals surface area contributed by atoms with Crippen molar-refractivity contribution in [1.82, 2.24) is 4.98 Å². The normalized spacial score (nSPS) is 10.8. The molecule has 0 saturated heterocycles. The molecular weight excluding hydrogens is 362 g/mol. The number of thiazole rings is 1. The lowest BCUT2D eigenvalue weighted by Crippen LogP contribution is -2.03. The average molecular weight is 378 g/mol. The minimum Gasteiger partial charge on any atom is -0.462 e. The largest absolute Gasteiger partial charge is 0.462 e. The van der Waals surface area contributed by atoms with Gasteiger partial charge in [-0.1, -0.05) is 0 Å². The molecule has 0 unspecified atom stereocenters. The molecule has 3 aromatic heterocycles. The van der Waals surface area contributed by atoms with Crippen LogP contribution in [0.5, 0.6) is 0 Å². The van der Waals surface area contributed by atoms with Gasteiger partial charge in [-0.05, 0) is 45.0 Å². The fourth-order valence-corrected chi connectivity index (χ4v) is 5.14. The van der Waals surface area contributed by atoms with Crippen molar-refractivity contribution in [2.45, 2.75) is 20.8 Å². The summed E-state index contributed by atoms with van der Waals surface area (Å²) >= 11 is 4.45. The summed E-state index contributed by atoms with van der Waals surface area (Å²) in [5, 5.41) is 0.815. The molecule has 3 heterocycles. The fourth-order valence-electron chi connectivity index (χ4n) is 2.13. The molecule has 0 radical (unpaired) electrons. The molecule has 0 N–H and O–H groups in total. The van der Waals surface area contributed by atoms with E-state index in [1.165, 1.54) is 22.7 Å². The summed E-state index contributed by atoms with van der Waals surface area (Å²) in [6.07, 6.45) is 0. The lowest BCUT2D eigenvalue weighted by atomic mass is 10.3.